The third-order valence-electron chi connectivity index (χ3n) is 3.18. The largest absolute Gasteiger partial charge is 0.478 e. The van der Waals surface area contributed by atoms with Crippen molar-refractivity contribution >= 4 is 21.9 Å². The third kappa shape index (κ3) is 4.60. The number of benzene rings is 2. The lowest BCUT2D eigenvalue weighted by Gasteiger charge is -2.17. The number of hydrogen-bond donors (Lipinski definition) is 1. The van der Waals surface area contributed by atoms with E-state index in [1.165, 1.54) is 0 Å². The van der Waals surface area contributed by atoms with Crippen LogP contribution in [0.5, 0.6) is 5.75 Å². The average Bonchev–Trinajstić information content (AvgIpc) is 2.46. The first-order chi connectivity index (χ1) is 9.97. The van der Waals surface area contributed by atoms with Crippen molar-refractivity contribution in [2.24, 2.45) is 0 Å². The van der Waals surface area contributed by atoms with Crippen molar-refractivity contribution < 1.29 is 14.6 Å². The molecule has 1 unspecified atom stereocenters. The van der Waals surface area contributed by atoms with Crippen LogP contribution in [0.4, 0.5) is 0 Å². The lowest BCUT2D eigenvalue weighted by Crippen LogP contribution is -2.18. The third-order valence-corrected chi connectivity index (χ3v) is 3.70. The number of aliphatic carboxylic acids is 1. The molecule has 0 amide bonds. The van der Waals surface area contributed by atoms with Gasteiger partial charge in [0.1, 0.15) is 5.75 Å². The molecule has 22 heavy (non-hydrogen) atoms. The van der Waals surface area contributed by atoms with Gasteiger partial charge in [-0.15, -0.1) is 0 Å². The first kappa shape index (κ1) is 18.2. The van der Waals surface area contributed by atoms with E-state index in [9.17, 15) is 9.90 Å². The van der Waals surface area contributed by atoms with E-state index in [0.717, 1.165) is 10.0 Å². The van der Waals surface area contributed by atoms with Crippen molar-refractivity contribution in [3.05, 3.63) is 64.1 Å². The van der Waals surface area contributed by atoms with E-state index < -0.39 is 12.1 Å². The number of carboxylic acid groups (broad SMARTS) is 1. The Bertz CT molecular complexity index is 620. The van der Waals surface area contributed by atoms with Gasteiger partial charge in [-0.1, -0.05) is 61.5 Å². The lowest BCUT2D eigenvalue weighted by molar-refractivity contribution is -0.145. The van der Waals surface area contributed by atoms with Crippen molar-refractivity contribution in [1.29, 1.82) is 0 Å². The lowest BCUT2D eigenvalue weighted by atomic mass is 10.0. The molecule has 0 aliphatic heterocycles. The van der Waals surface area contributed by atoms with Crippen molar-refractivity contribution in [2.45, 2.75) is 33.3 Å². The predicted molar refractivity (Wildman–Crippen MR) is 92.4 cm³/mol. The summed E-state index contributed by atoms with van der Waals surface area (Å²) in [6, 6.07) is 14.7. The molecular weight excluding hydrogens is 344 g/mol. The van der Waals surface area contributed by atoms with Crippen LogP contribution in [0.15, 0.2) is 53.0 Å². The van der Waals surface area contributed by atoms with Gasteiger partial charge in [0, 0.05) is 10.0 Å². The topological polar surface area (TPSA) is 46.5 Å². The van der Waals surface area contributed by atoms with E-state index in [1.54, 1.807) is 30.3 Å². The van der Waals surface area contributed by atoms with E-state index in [-0.39, 0.29) is 7.43 Å². The monoisotopic (exact) mass is 364 g/mol. The van der Waals surface area contributed by atoms with Crippen molar-refractivity contribution in [3.63, 3.8) is 0 Å². The molecule has 4 heteroatoms. The van der Waals surface area contributed by atoms with Crippen LogP contribution in [0.2, 0.25) is 0 Å². The zero-order valence-corrected chi connectivity index (χ0v) is 13.5. The van der Waals surface area contributed by atoms with Gasteiger partial charge in [0.25, 0.3) is 0 Å². The minimum atomic E-state index is -1.01. The van der Waals surface area contributed by atoms with Crippen LogP contribution in [-0.2, 0) is 4.79 Å². The highest BCUT2D eigenvalue weighted by Crippen LogP contribution is 2.26. The van der Waals surface area contributed by atoms with E-state index in [1.807, 2.05) is 18.2 Å². The molecule has 3 nitrogen and oxygen atoms in total. The van der Waals surface area contributed by atoms with Crippen LogP contribution in [0.3, 0.4) is 0 Å². The molecule has 0 aromatic heterocycles. The van der Waals surface area contributed by atoms with Gasteiger partial charge >= 0.3 is 5.97 Å². The second-order valence-electron chi connectivity index (χ2n) is 5.11. The van der Waals surface area contributed by atoms with Gasteiger partial charge in [0.05, 0.1) is 0 Å². The summed E-state index contributed by atoms with van der Waals surface area (Å²) in [6.07, 6.45) is -1.01. The smallest absolute Gasteiger partial charge is 0.349 e. The highest BCUT2D eigenvalue weighted by atomic mass is 79.9. The molecule has 2 aromatic rings. The minimum Gasteiger partial charge on any atom is -0.478 e. The van der Waals surface area contributed by atoms with Crippen molar-refractivity contribution in [1.82, 2.24) is 0 Å². The van der Waals surface area contributed by atoms with Crippen LogP contribution in [0.1, 0.15) is 44.4 Å². The SMILES string of the molecule is C.CC(C)c1cccc(OC(C(=O)O)c2ccc(Br)cc2)c1. The summed E-state index contributed by atoms with van der Waals surface area (Å²) in [7, 11) is 0. The Labute approximate surface area is 140 Å². The molecule has 0 bridgehead atoms. The van der Waals surface area contributed by atoms with Gasteiger partial charge in [-0.2, -0.15) is 0 Å². The quantitative estimate of drug-likeness (QED) is 0.770. The second-order valence-corrected chi connectivity index (χ2v) is 6.03. The molecule has 0 saturated heterocycles. The summed E-state index contributed by atoms with van der Waals surface area (Å²) in [5.41, 5.74) is 1.73. The summed E-state index contributed by atoms with van der Waals surface area (Å²) in [6.45, 7) is 4.17. The number of halogens is 1. The van der Waals surface area contributed by atoms with Crippen LogP contribution in [-0.4, -0.2) is 11.1 Å². The fourth-order valence-corrected chi connectivity index (χ4v) is 2.25. The molecule has 0 fully saturated rings. The Balaban J connectivity index is 0.00000242. The Hall–Kier alpha value is -1.81. The van der Waals surface area contributed by atoms with Crippen molar-refractivity contribution in [2.75, 3.05) is 0 Å². The summed E-state index contributed by atoms with van der Waals surface area (Å²) >= 11 is 3.34. The molecule has 0 radical (unpaired) electrons. The average molecular weight is 365 g/mol. The van der Waals surface area contributed by atoms with Gasteiger partial charge in [-0.25, -0.2) is 4.79 Å². The standard InChI is InChI=1S/C17H17BrO3.CH4/c1-11(2)13-4-3-5-15(10-13)21-16(17(19)20)12-6-8-14(18)9-7-12;/h3-11,16H,1-2H3,(H,19,20);1H4. The fraction of sp³-hybridized carbons (Fsp3) is 0.278. The minimum absolute atomic E-state index is 0. The van der Waals surface area contributed by atoms with Gasteiger partial charge in [-0.3, -0.25) is 0 Å². The molecule has 0 aliphatic carbocycles. The van der Waals surface area contributed by atoms with E-state index >= 15 is 0 Å². The van der Waals surface area contributed by atoms with Crippen molar-refractivity contribution in [3.8, 4) is 5.75 Å². The maximum absolute atomic E-state index is 11.5. The molecule has 1 N–H and O–H groups in total. The second kappa shape index (κ2) is 7.99. The van der Waals surface area contributed by atoms with Crippen LogP contribution in [0.25, 0.3) is 0 Å². The first-order valence-electron chi connectivity index (χ1n) is 6.72. The predicted octanol–water partition coefficient (Wildman–Crippen LogP) is 5.41. The van der Waals surface area contributed by atoms with Crippen LogP contribution >= 0.6 is 15.9 Å². The number of carbonyl (C=O) groups is 1. The number of rotatable bonds is 5. The molecule has 2 aromatic carbocycles. The molecule has 118 valence electrons. The van der Waals surface area contributed by atoms with Gasteiger partial charge in [-0.05, 0) is 35.7 Å². The van der Waals surface area contributed by atoms with Gasteiger partial charge < -0.3 is 9.84 Å². The summed E-state index contributed by atoms with van der Waals surface area (Å²) < 4.78 is 6.58. The highest BCUT2D eigenvalue weighted by Gasteiger charge is 2.22. The van der Waals surface area contributed by atoms with Crippen LogP contribution < -0.4 is 4.74 Å². The number of ether oxygens (including phenoxy) is 1. The zero-order valence-electron chi connectivity index (χ0n) is 11.9. The van der Waals surface area contributed by atoms with E-state index in [4.69, 9.17) is 4.74 Å². The maximum atomic E-state index is 11.5. The van der Waals surface area contributed by atoms with E-state index in [2.05, 4.69) is 29.8 Å². The summed E-state index contributed by atoms with van der Waals surface area (Å²) in [5.74, 6) is -0.0756. The molecular formula is C18H21BrO3. The molecule has 0 aliphatic rings. The fourth-order valence-electron chi connectivity index (χ4n) is 1.98. The zero-order chi connectivity index (χ0) is 15.4. The normalized spacial score (nSPS) is 11.6. The first-order valence-corrected chi connectivity index (χ1v) is 7.51. The molecule has 0 heterocycles. The Morgan fingerprint density at radius 3 is 2.27 bits per heavy atom. The Morgan fingerprint density at radius 1 is 1.09 bits per heavy atom. The summed E-state index contributed by atoms with van der Waals surface area (Å²) in [4.78, 5) is 11.5. The Morgan fingerprint density at radius 2 is 1.73 bits per heavy atom. The Kier molecular flexibility index (Phi) is 6.62. The van der Waals surface area contributed by atoms with E-state index in [0.29, 0.717) is 17.2 Å². The molecule has 0 spiro atoms. The number of hydrogen-bond acceptors (Lipinski definition) is 2. The maximum Gasteiger partial charge on any atom is 0.349 e. The molecule has 0 saturated carbocycles. The van der Waals surface area contributed by atoms with Crippen LogP contribution in [0, 0.1) is 0 Å². The molecule has 2 rings (SSSR count). The molecule has 1 atom stereocenters. The number of carboxylic acids is 1. The van der Waals surface area contributed by atoms with Gasteiger partial charge in [0.15, 0.2) is 0 Å². The highest BCUT2D eigenvalue weighted by molar-refractivity contribution is 9.10. The summed E-state index contributed by atoms with van der Waals surface area (Å²) in [5, 5.41) is 9.40. The van der Waals surface area contributed by atoms with Gasteiger partial charge in [0.2, 0.25) is 6.10 Å².